The number of benzene rings is 1. The molecule has 1 fully saturated rings. The smallest absolute Gasteiger partial charge is 0.258 e. The van der Waals surface area contributed by atoms with Crippen molar-refractivity contribution in [3.8, 4) is 5.75 Å². The molecule has 0 radical (unpaired) electrons. The minimum absolute atomic E-state index is 0.0198. The summed E-state index contributed by atoms with van der Waals surface area (Å²) < 4.78 is 5.63. The molecular weight excluding hydrogens is 250 g/mol. The van der Waals surface area contributed by atoms with Crippen LogP contribution < -0.4 is 10.1 Å². The average Bonchev–Trinajstić information content (AvgIpc) is 2.70. The van der Waals surface area contributed by atoms with Crippen molar-refractivity contribution in [3.63, 3.8) is 0 Å². The molecule has 2 rings (SSSR count). The lowest BCUT2D eigenvalue weighted by Gasteiger charge is -2.18. The van der Waals surface area contributed by atoms with Crippen LogP contribution in [0, 0.1) is 19.3 Å². The molecular formula is C17H25NO2. The number of amides is 1. The van der Waals surface area contributed by atoms with Crippen molar-refractivity contribution in [2.24, 2.45) is 5.41 Å². The van der Waals surface area contributed by atoms with E-state index >= 15 is 0 Å². The maximum Gasteiger partial charge on any atom is 0.258 e. The molecule has 1 atom stereocenters. The summed E-state index contributed by atoms with van der Waals surface area (Å²) in [7, 11) is 0. The molecule has 0 aromatic heterocycles. The highest BCUT2D eigenvalue weighted by Gasteiger charge is 2.31. The third-order valence-electron chi connectivity index (χ3n) is 4.04. The number of carbonyl (C=O) groups excluding carboxylic acids is 1. The van der Waals surface area contributed by atoms with Crippen LogP contribution in [0.25, 0.3) is 0 Å². The molecule has 1 aliphatic rings. The molecule has 110 valence electrons. The van der Waals surface area contributed by atoms with E-state index in [1.165, 1.54) is 6.42 Å². The molecule has 1 aromatic rings. The fraction of sp³-hybridized carbons (Fsp3) is 0.588. The first-order valence-corrected chi connectivity index (χ1v) is 7.35. The standard InChI is InChI=1S/C17H25NO2/c1-12-5-6-13(2)15(9-12)20-11-16(19)18-14-7-8-17(3,4)10-14/h5-6,9,14H,7-8,10-11H2,1-4H3,(H,18,19). The van der Waals surface area contributed by atoms with Crippen LogP contribution in [0.1, 0.15) is 44.2 Å². The van der Waals surface area contributed by atoms with Crippen molar-refractivity contribution in [2.45, 2.75) is 53.0 Å². The largest absolute Gasteiger partial charge is 0.483 e. The van der Waals surface area contributed by atoms with Gasteiger partial charge >= 0.3 is 0 Å². The summed E-state index contributed by atoms with van der Waals surface area (Å²) >= 11 is 0. The Hall–Kier alpha value is -1.51. The maximum atomic E-state index is 11.9. The molecule has 0 saturated heterocycles. The summed E-state index contributed by atoms with van der Waals surface area (Å²) in [5, 5.41) is 3.07. The maximum absolute atomic E-state index is 11.9. The normalized spacial score (nSPS) is 20.7. The number of aryl methyl sites for hydroxylation is 2. The Morgan fingerprint density at radius 2 is 2.15 bits per heavy atom. The van der Waals surface area contributed by atoms with E-state index in [1.807, 2.05) is 32.0 Å². The molecule has 1 amide bonds. The van der Waals surface area contributed by atoms with Crippen LogP contribution in [0.5, 0.6) is 5.75 Å². The van der Waals surface area contributed by atoms with E-state index < -0.39 is 0 Å². The molecule has 3 nitrogen and oxygen atoms in total. The van der Waals surface area contributed by atoms with Gasteiger partial charge in [0.2, 0.25) is 0 Å². The molecule has 0 heterocycles. The molecule has 0 spiro atoms. The molecule has 1 N–H and O–H groups in total. The third kappa shape index (κ3) is 3.99. The first kappa shape index (κ1) is 14.9. The summed E-state index contributed by atoms with van der Waals surface area (Å²) in [4.78, 5) is 11.9. The van der Waals surface area contributed by atoms with E-state index in [0.717, 1.165) is 29.7 Å². The van der Waals surface area contributed by atoms with Gasteiger partial charge in [-0.15, -0.1) is 0 Å². The fourth-order valence-corrected chi connectivity index (χ4v) is 2.83. The van der Waals surface area contributed by atoms with Gasteiger partial charge in [0.25, 0.3) is 5.91 Å². The molecule has 1 aliphatic carbocycles. The Kier molecular flexibility index (Phi) is 4.36. The Labute approximate surface area is 121 Å². The first-order chi connectivity index (χ1) is 9.35. The predicted molar refractivity (Wildman–Crippen MR) is 81.0 cm³/mol. The SMILES string of the molecule is Cc1ccc(C)c(OCC(=O)NC2CCC(C)(C)C2)c1. The van der Waals surface area contributed by atoms with Gasteiger partial charge in [0.05, 0.1) is 0 Å². The zero-order valence-electron chi connectivity index (χ0n) is 13.0. The van der Waals surface area contributed by atoms with Gasteiger partial charge in [-0.3, -0.25) is 4.79 Å². The first-order valence-electron chi connectivity index (χ1n) is 7.35. The number of ether oxygens (including phenoxy) is 1. The Morgan fingerprint density at radius 3 is 2.80 bits per heavy atom. The molecule has 0 bridgehead atoms. The van der Waals surface area contributed by atoms with Crippen LogP contribution in [0.2, 0.25) is 0 Å². The average molecular weight is 275 g/mol. The second-order valence-electron chi connectivity index (χ2n) is 6.73. The van der Waals surface area contributed by atoms with Gasteiger partial charge < -0.3 is 10.1 Å². The predicted octanol–water partition coefficient (Wildman–Crippen LogP) is 3.38. The van der Waals surface area contributed by atoms with Crippen LogP contribution in [0.4, 0.5) is 0 Å². The lowest BCUT2D eigenvalue weighted by molar-refractivity contribution is -0.123. The van der Waals surface area contributed by atoms with Crippen LogP contribution in [-0.4, -0.2) is 18.6 Å². The van der Waals surface area contributed by atoms with E-state index in [1.54, 1.807) is 0 Å². The van der Waals surface area contributed by atoms with E-state index in [0.29, 0.717) is 11.5 Å². The van der Waals surface area contributed by atoms with Gasteiger partial charge in [-0.1, -0.05) is 26.0 Å². The quantitative estimate of drug-likeness (QED) is 0.915. The lowest BCUT2D eigenvalue weighted by atomic mass is 9.92. The highest BCUT2D eigenvalue weighted by Crippen LogP contribution is 2.36. The van der Waals surface area contributed by atoms with Crippen molar-refractivity contribution in [1.29, 1.82) is 0 Å². The van der Waals surface area contributed by atoms with Gasteiger partial charge in [0.1, 0.15) is 5.75 Å². The number of hydrogen-bond acceptors (Lipinski definition) is 2. The number of hydrogen-bond donors (Lipinski definition) is 1. The fourth-order valence-electron chi connectivity index (χ4n) is 2.83. The van der Waals surface area contributed by atoms with Crippen molar-refractivity contribution >= 4 is 5.91 Å². The van der Waals surface area contributed by atoms with Crippen LogP contribution >= 0.6 is 0 Å². The van der Waals surface area contributed by atoms with Gasteiger partial charge in [-0.2, -0.15) is 0 Å². The van der Waals surface area contributed by atoms with E-state index in [9.17, 15) is 4.79 Å². The molecule has 20 heavy (non-hydrogen) atoms. The Balaban J connectivity index is 1.82. The van der Waals surface area contributed by atoms with Gasteiger partial charge in [-0.25, -0.2) is 0 Å². The zero-order valence-corrected chi connectivity index (χ0v) is 13.0. The Morgan fingerprint density at radius 1 is 1.40 bits per heavy atom. The lowest BCUT2D eigenvalue weighted by Crippen LogP contribution is -2.36. The summed E-state index contributed by atoms with van der Waals surface area (Å²) in [6, 6.07) is 6.34. The molecule has 1 unspecified atom stereocenters. The van der Waals surface area contributed by atoms with Crippen molar-refractivity contribution < 1.29 is 9.53 Å². The van der Waals surface area contributed by atoms with E-state index in [-0.39, 0.29) is 12.5 Å². The highest BCUT2D eigenvalue weighted by molar-refractivity contribution is 5.77. The minimum atomic E-state index is -0.0198. The van der Waals surface area contributed by atoms with Crippen molar-refractivity contribution in [2.75, 3.05) is 6.61 Å². The van der Waals surface area contributed by atoms with E-state index in [2.05, 4.69) is 19.2 Å². The summed E-state index contributed by atoms with van der Waals surface area (Å²) in [5.41, 5.74) is 2.56. The summed E-state index contributed by atoms with van der Waals surface area (Å²) in [6.07, 6.45) is 3.31. The van der Waals surface area contributed by atoms with Crippen LogP contribution in [0.3, 0.4) is 0 Å². The second-order valence-corrected chi connectivity index (χ2v) is 6.73. The molecule has 3 heteroatoms. The van der Waals surface area contributed by atoms with Crippen LogP contribution in [0.15, 0.2) is 18.2 Å². The van der Waals surface area contributed by atoms with Gasteiger partial charge in [0.15, 0.2) is 6.61 Å². The number of carbonyl (C=O) groups is 1. The molecule has 0 aliphatic heterocycles. The van der Waals surface area contributed by atoms with Crippen LogP contribution in [-0.2, 0) is 4.79 Å². The van der Waals surface area contributed by atoms with Crippen molar-refractivity contribution in [3.05, 3.63) is 29.3 Å². The third-order valence-corrected chi connectivity index (χ3v) is 4.04. The highest BCUT2D eigenvalue weighted by atomic mass is 16.5. The minimum Gasteiger partial charge on any atom is -0.483 e. The summed E-state index contributed by atoms with van der Waals surface area (Å²) in [6.45, 7) is 8.62. The number of nitrogens with one attached hydrogen (secondary N) is 1. The molecule has 1 saturated carbocycles. The Bertz CT molecular complexity index is 494. The van der Waals surface area contributed by atoms with Crippen molar-refractivity contribution in [1.82, 2.24) is 5.32 Å². The molecule has 1 aromatic carbocycles. The monoisotopic (exact) mass is 275 g/mol. The topological polar surface area (TPSA) is 38.3 Å². The van der Waals surface area contributed by atoms with E-state index in [4.69, 9.17) is 4.74 Å². The zero-order chi connectivity index (χ0) is 14.8. The second kappa shape index (κ2) is 5.86. The van der Waals surface area contributed by atoms with Gasteiger partial charge in [-0.05, 0) is 55.7 Å². The summed E-state index contributed by atoms with van der Waals surface area (Å²) in [5.74, 6) is 0.778. The van der Waals surface area contributed by atoms with Gasteiger partial charge in [0, 0.05) is 6.04 Å². The number of rotatable bonds is 4.